The summed E-state index contributed by atoms with van der Waals surface area (Å²) in [6, 6.07) is 3.69. The molecule has 1 aromatic rings. The highest BCUT2D eigenvalue weighted by Gasteiger charge is 2.28. The van der Waals surface area contributed by atoms with Crippen LogP contribution in [0.3, 0.4) is 0 Å². The van der Waals surface area contributed by atoms with E-state index in [1.807, 2.05) is 0 Å². The predicted octanol–water partition coefficient (Wildman–Crippen LogP) is 0.172. The van der Waals surface area contributed by atoms with Crippen molar-refractivity contribution < 1.29 is 17.9 Å². The molecule has 0 aliphatic rings. The largest absolute Gasteiger partial charge is 0.482 e. The Labute approximate surface area is 128 Å². The summed E-state index contributed by atoms with van der Waals surface area (Å²) in [6.45, 7) is 1.40. The molecule has 0 spiro atoms. The van der Waals surface area contributed by atoms with Gasteiger partial charge < -0.3 is 16.2 Å². The highest BCUT2D eigenvalue weighted by molar-refractivity contribution is 7.89. The van der Waals surface area contributed by atoms with Crippen LogP contribution in [-0.4, -0.2) is 44.9 Å². The molecule has 0 fully saturated rings. The van der Waals surface area contributed by atoms with Gasteiger partial charge in [0.1, 0.15) is 10.6 Å². The van der Waals surface area contributed by atoms with Crippen molar-refractivity contribution in [1.29, 1.82) is 0 Å². The zero-order chi connectivity index (χ0) is 16.2. The number of hydrogen-bond donors (Lipinski definition) is 2. The SMILES string of the molecule is CC(CN)N(C)S(=O)(=O)c1cc(Cl)ccc1OCC(N)=O. The Kier molecular flexibility index (Phi) is 5.97. The Morgan fingerprint density at radius 1 is 1.48 bits per heavy atom. The van der Waals surface area contributed by atoms with E-state index < -0.39 is 28.6 Å². The molecule has 1 rings (SSSR count). The first-order valence-corrected chi connectivity index (χ1v) is 7.90. The van der Waals surface area contributed by atoms with E-state index in [1.165, 1.54) is 25.2 Å². The van der Waals surface area contributed by atoms with Crippen LogP contribution in [0.2, 0.25) is 5.02 Å². The van der Waals surface area contributed by atoms with Crippen LogP contribution in [-0.2, 0) is 14.8 Å². The first kappa shape index (κ1) is 17.7. The topological polar surface area (TPSA) is 116 Å². The number of carbonyl (C=O) groups excluding carboxylic acids is 1. The number of benzene rings is 1. The number of nitrogens with zero attached hydrogens (tertiary/aromatic N) is 1. The van der Waals surface area contributed by atoms with Crippen LogP contribution in [0.15, 0.2) is 23.1 Å². The van der Waals surface area contributed by atoms with Gasteiger partial charge in [0, 0.05) is 24.7 Å². The summed E-state index contributed by atoms with van der Waals surface area (Å²) in [5.41, 5.74) is 10.5. The van der Waals surface area contributed by atoms with Crippen molar-refractivity contribution in [3.8, 4) is 5.75 Å². The van der Waals surface area contributed by atoms with Crippen LogP contribution in [0.1, 0.15) is 6.92 Å². The third-order valence-corrected chi connectivity index (χ3v) is 5.12. The van der Waals surface area contributed by atoms with Gasteiger partial charge in [-0.25, -0.2) is 8.42 Å². The lowest BCUT2D eigenvalue weighted by molar-refractivity contribution is -0.120. The molecule has 9 heteroatoms. The minimum atomic E-state index is -3.86. The Morgan fingerprint density at radius 3 is 2.62 bits per heavy atom. The Balaban J connectivity index is 3.26. The number of halogens is 1. The van der Waals surface area contributed by atoms with Gasteiger partial charge in [-0.1, -0.05) is 11.6 Å². The van der Waals surface area contributed by atoms with Crippen LogP contribution >= 0.6 is 11.6 Å². The predicted molar refractivity (Wildman–Crippen MR) is 79.6 cm³/mol. The summed E-state index contributed by atoms with van der Waals surface area (Å²) >= 11 is 5.85. The summed E-state index contributed by atoms with van der Waals surface area (Å²) in [5.74, 6) is -0.703. The lowest BCUT2D eigenvalue weighted by Gasteiger charge is -2.24. The zero-order valence-electron chi connectivity index (χ0n) is 11.7. The number of primary amides is 1. The molecule has 1 amide bonds. The van der Waals surface area contributed by atoms with Crippen molar-refractivity contribution in [1.82, 2.24) is 4.31 Å². The van der Waals surface area contributed by atoms with Gasteiger partial charge in [0.2, 0.25) is 10.0 Å². The van der Waals surface area contributed by atoms with Crippen molar-refractivity contribution in [2.45, 2.75) is 17.9 Å². The molecule has 0 radical (unpaired) electrons. The fraction of sp³-hybridized carbons (Fsp3) is 0.417. The Hall–Kier alpha value is -1.35. The molecule has 0 bridgehead atoms. The molecule has 0 aliphatic carbocycles. The Morgan fingerprint density at radius 2 is 2.10 bits per heavy atom. The van der Waals surface area contributed by atoms with Crippen molar-refractivity contribution in [2.75, 3.05) is 20.2 Å². The van der Waals surface area contributed by atoms with Gasteiger partial charge in [-0.2, -0.15) is 4.31 Å². The van der Waals surface area contributed by atoms with Crippen molar-refractivity contribution in [2.24, 2.45) is 11.5 Å². The maximum atomic E-state index is 12.6. The van der Waals surface area contributed by atoms with E-state index >= 15 is 0 Å². The number of carbonyl (C=O) groups is 1. The molecule has 0 aliphatic heterocycles. The standard InChI is InChI=1S/C12H18ClN3O4S/c1-8(6-14)16(2)21(18,19)11-5-9(13)3-4-10(11)20-7-12(15)17/h3-5,8H,6-7,14H2,1-2H3,(H2,15,17). The number of ether oxygens (including phenoxy) is 1. The fourth-order valence-corrected chi connectivity index (χ4v) is 3.26. The first-order chi connectivity index (χ1) is 9.70. The second kappa shape index (κ2) is 7.08. The second-order valence-corrected chi connectivity index (χ2v) is 6.85. The maximum Gasteiger partial charge on any atom is 0.255 e. The van der Waals surface area contributed by atoms with Gasteiger partial charge in [-0.05, 0) is 25.1 Å². The highest BCUT2D eigenvalue weighted by Crippen LogP contribution is 2.30. The van der Waals surface area contributed by atoms with Gasteiger partial charge >= 0.3 is 0 Å². The molecule has 0 aromatic heterocycles. The normalized spacial score (nSPS) is 13.2. The van der Waals surface area contributed by atoms with E-state index in [9.17, 15) is 13.2 Å². The number of hydrogen-bond acceptors (Lipinski definition) is 5. The molecule has 7 nitrogen and oxygen atoms in total. The van der Waals surface area contributed by atoms with Crippen LogP contribution < -0.4 is 16.2 Å². The van der Waals surface area contributed by atoms with Crippen LogP contribution in [0, 0.1) is 0 Å². The van der Waals surface area contributed by atoms with E-state index in [0.29, 0.717) is 0 Å². The molecule has 1 aromatic carbocycles. The van der Waals surface area contributed by atoms with E-state index in [0.717, 1.165) is 4.31 Å². The maximum absolute atomic E-state index is 12.6. The minimum Gasteiger partial charge on any atom is -0.482 e. The lowest BCUT2D eigenvalue weighted by atomic mass is 10.3. The van der Waals surface area contributed by atoms with Gasteiger partial charge in [-0.3, -0.25) is 4.79 Å². The van der Waals surface area contributed by atoms with Gasteiger partial charge in [0.15, 0.2) is 6.61 Å². The number of rotatable bonds is 7. The monoisotopic (exact) mass is 335 g/mol. The molecule has 21 heavy (non-hydrogen) atoms. The molecule has 118 valence electrons. The number of amides is 1. The van der Waals surface area contributed by atoms with Crippen LogP contribution in [0.25, 0.3) is 0 Å². The number of nitrogens with two attached hydrogens (primary N) is 2. The highest BCUT2D eigenvalue weighted by atomic mass is 35.5. The van der Waals surface area contributed by atoms with Crippen LogP contribution in [0.4, 0.5) is 0 Å². The summed E-state index contributed by atoms with van der Waals surface area (Å²) in [5, 5.41) is 0.230. The molecule has 0 heterocycles. The second-order valence-electron chi connectivity index (χ2n) is 4.45. The van der Waals surface area contributed by atoms with Crippen molar-refractivity contribution in [3.63, 3.8) is 0 Å². The Bertz CT molecular complexity index is 621. The lowest BCUT2D eigenvalue weighted by Crippen LogP contribution is -2.39. The van der Waals surface area contributed by atoms with Crippen molar-refractivity contribution in [3.05, 3.63) is 23.2 Å². The minimum absolute atomic E-state index is 0.00858. The fourth-order valence-electron chi connectivity index (χ4n) is 1.49. The van der Waals surface area contributed by atoms with Crippen LogP contribution in [0.5, 0.6) is 5.75 Å². The molecule has 0 saturated carbocycles. The molecule has 1 atom stereocenters. The smallest absolute Gasteiger partial charge is 0.255 e. The van der Waals surface area contributed by atoms with E-state index in [2.05, 4.69) is 0 Å². The quantitative estimate of drug-likeness (QED) is 0.737. The van der Waals surface area contributed by atoms with Gasteiger partial charge in [0.05, 0.1) is 0 Å². The summed E-state index contributed by atoms with van der Waals surface area (Å²) in [7, 11) is -2.45. The van der Waals surface area contributed by atoms with E-state index in [-0.39, 0.29) is 22.2 Å². The molecule has 0 saturated heterocycles. The summed E-state index contributed by atoms with van der Waals surface area (Å²) in [4.78, 5) is 10.6. The number of sulfonamides is 1. The van der Waals surface area contributed by atoms with Crippen molar-refractivity contribution >= 4 is 27.5 Å². The third kappa shape index (κ3) is 4.31. The summed E-state index contributed by atoms with van der Waals surface area (Å²) in [6.07, 6.45) is 0. The zero-order valence-corrected chi connectivity index (χ0v) is 13.3. The molecule has 4 N–H and O–H groups in total. The van der Waals surface area contributed by atoms with E-state index in [4.69, 9.17) is 27.8 Å². The average molecular weight is 336 g/mol. The number of likely N-dealkylation sites (N-methyl/N-ethyl adjacent to an activating group) is 1. The van der Waals surface area contributed by atoms with Gasteiger partial charge in [0.25, 0.3) is 5.91 Å². The third-order valence-electron chi connectivity index (χ3n) is 2.89. The first-order valence-electron chi connectivity index (χ1n) is 6.09. The molecular formula is C12H18ClN3O4S. The average Bonchev–Trinajstić information content (AvgIpc) is 2.43. The summed E-state index contributed by atoms with van der Waals surface area (Å²) < 4.78 is 31.4. The van der Waals surface area contributed by atoms with E-state index in [1.54, 1.807) is 6.92 Å². The van der Waals surface area contributed by atoms with Gasteiger partial charge in [-0.15, -0.1) is 0 Å². The molecule has 1 unspecified atom stereocenters. The molecular weight excluding hydrogens is 318 g/mol.